The number of carbonyl (C=O) groups is 1. The van der Waals surface area contributed by atoms with Gasteiger partial charge in [-0.2, -0.15) is 0 Å². The standard InChI is InChI=1S/C19H19N5O3S/c1-12(21-18-13-7-3-6-10-16(13)28(26,27)23-18)19(25)20-11-17-22-14-8-4-5-9-15(14)24(17)2/h3-10,12H,11H2,1-2H3,(H,20,25)(H,21,23)/t12-/m0/s1. The third kappa shape index (κ3) is 3.13. The van der Waals surface area contributed by atoms with Gasteiger partial charge in [-0.25, -0.2) is 13.4 Å². The Kier molecular flexibility index (Phi) is 4.38. The normalized spacial score (nSPS) is 17.3. The number of aromatic nitrogens is 2. The van der Waals surface area contributed by atoms with E-state index in [1.54, 1.807) is 25.1 Å². The Balaban J connectivity index is 1.50. The average molecular weight is 397 g/mol. The molecule has 3 aromatic rings. The van der Waals surface area contributed by atoms with Gasteiger partial charge in [0.2, 0.25) is 5.91 Å². The predicted molar refractivity (Wildman–Crippen MR) is 105 cm³/mol. The molecule has 2 aromatic carbocycles. The van der Waals surface area contributed by atoms with E-state index in [9.17, 15) is 13.2 Å². The van der Waals surface area contributed by atoms with E-state index < -0.39 is 16.1 Å². The van der Waals surface area contributed by atoms with Gasteiger partial charge in [0, 0.05) is 12.6 Å². The molecular weight excluding hydrogens is 378 g/mol. The minimum Gasteiger partial charge on any atom is -0.347 e. The molecule has 0 unspecified atom stereocenters. The zero-order chi connectivity index (χ0) is 19.9. The van der Waals surface area contributed by atoms with Crippen LogP contribution in [0.3, 0.4) is 0 Å². The molecule has 0 saturated carbocycles. The van der Waals surface area contributed by atoms with E-state index in [1.165, 1.54) is 6.07 Å². The van der Waals surface area contributed by atoms with Crippen LogP contribution in [0.1, 0.15) is 18.3 Å². The number of rotatable bonds is 4. The summed E-state index contributed by atoms with van der Waals surface area (Å²) < 4.78 is 28.6. The molecule has 2 N–H and O–H groups in total. The van der Waals surface area contributed by atoms with Crippen molar-refractivity contribution in [1.29, 1.82) is 0 Å². The Labute approximate surface area is 162 Å². The van der Waals surface area contributed by atoms with Crippen molar-refractivity contribution >= 4 is 32.8 Å². The van der Waals surface area contributed by atoms with Gasteiger partial charge in [-0.15, -0.1) is 0 Å². The number of fused-ring (bicyclic) bond motifs is 2. The fraction of sp³-hybridized carbons (Fsp3) is 0.211. The van der Waals surface area contributed by atoms with Crippen LogP contribution < -0.4 is 10.0 Å². The third-order valence-electron chi connectivity index (χ3n) is 4.67. The fourth-order valence-electron chi connectivity index (χ4n) is 3.15. The molecule has 1 atom stereocenters. The number of benzene rings is 2. The highest BCUT2D eigenvalue weighted by molar-refractivity contribution is 7.90. The first-order valence-corrected chi connectivity index (χ1v) is 10.2. The monoisotopic (exact) mass is 397 g/mol. The van der Waals surface area contributed by atoms with Crippen LogP contribution in [-0.4, -0.2) is 35.8 Å². The predicted octanol–water partition coefficient (Wildman–Crippen LogP) is 1.32. The summed E-state index contributed by atoms with van der Waals surface area (Å²) in [7, 11) is -1.73. The molecule has 9 heteroatoms. The number of aliphatic imine (C=N–C) groups is 1. The molecule has 1 amide bonds. The second kappa shape index (κ2) is 6.75. The average Bonchev–Trinajstić information content (AvgIpc) is 3.14. The van der Waals surface area contributed by atoms with Crippen LogP contribution in [0.5, 0.6) is 0 Å². The maximum atomic E-state index is 12.5. The molecule has 1 aliphatic heterocycles. The van der Waals surface area contributed by atoms with Gasteiger partial charge in [0.05, 0.1) is 22.5 Å². The van der Waals surface area contributed by atoms with Crippen LogP contribution in [0.4, 0.5) is 0 Å². The smallest absolute Gasteiger partial charge is 0.263 e. The molecule has 0 radical (unpaired) electrons. The molecule has 28 heavy (non-hydrogen) atoms. The minimum absolute atomic E-state index is 0.168. The van der Waals surface area contributed by atoms with Crippen LogP contribution in [0, 0.1) is 0 Å². The molecule has 144 valence electrons. The van der Waals surface area contributed by atoms with Gasteiger partial charge in [-0.05, 0) is 31.2 Å². The summed E-state index contributed by atoms with van der Waals surface area (Å²) >= 11 is 0. The molecule has 0 saturated heterocycles. The zero-order valence-electron chi connectivity index (χ0n) is 15.4. The van der Waals surface area contributed by atoms with Crippen LogP contribution >= 0.6 is 0 Å². The number of hydrogen-bond donors (Lipinski definition) is 2. The number of nitrogens with one attached hydrogen (secondary N) is 2. The molecule has 0 bridgehead atoms. The van der Waals surface area contributed by atoms with Gasteiger partial charge in [-0.3, -0.25) is 14.5 Å². The molecular formula is C19H19N5O3S. The lowest BCUT2D eigenvalue weighted by Gasteiger charge is -2.10. The Morgan fingerprint density at radius 2 is 1.93 bits per heavy atom. The van der Waals surface area contributed by atoms with Gasteiger partial charge in [0.1, 0.15) is 17.7 Å². The van der Waals surface area contributed by atoms with E-state index >= 15 is 0 Å². The number of imidazole rings is 1. The van der Waals surface area contributed by atoms with E-state index in [1.807, 2.05) is 35.9 Å². The summed E-state index contributed by atoms with van der Waals surface area (Å²) in [5.74, 6) is 0.588. The quantitative estimate of drug-likeness (QED) is 0.692. The molecule has 2 heterocycles. The number of carbonyl (C=O) groups excluding carboxylic acids is 1. The van der Waals surface area contributed by atoms with Gasteiger partial charge >= 0.3 is 0 Å². The van der Waals surface area contributed by atoms with E-state index in [4.69, 9.17) is 0 Å². The van der Waals surface area contributed by atoms with Crippen molar-refractivity contribution in [3.63, 3.8) is 0 Å². The summed E-state index contributed by atoms with van der Waals surface area (Å²) in [6.07, 6.45) is 0. The van der Waals surface area contributed by atoms with Crippen molar-refractivity contribution in [2.75, 3.05) is 0 Å². The Morgan fingerprint density at radius 1 is 1.21 bits per heavy atom. The first-order valence-electron chi connectivity index (χ1n) is 8.75. The SMILES string of the molecule is C[C@H](N=C1NS(=O)(=O)c2ccccc21)C(=O)NCc1nc2ccccc2n1C. The Bertz CT molecular complexity index is 1210. The summed E-state index contributed by atoms with van der Waals surface area (Å²) in [5, 5.41) is 2.81. The molecule has 1 aromatic heterocycles. The summed E-state index contributed by atoms with van der Waals surface area (Å²) in [5.41, 5.74) is 2.31. The molecule has 0 fully saturated rings. The van der Waals surface area contributed by atoms with E-state index in [2.05, 4.69) is 20.0 Å². The summed E-state index contributed by atoms with van der Waals surface area (Å²) in [4.78, 5) is 21.4. The van der Waals surface area contributed by atoms with Crippen LogP contribution in [-0.2, 0) is 28.4 Å². The van der Waals surface area contributed by atoms with E-state index in [0.29, 0.717) is 5.56 Å². The Morgan fingerprint density at radius 3 is 2.71 bits per heavy atom. The number of amides is 1. The zero-order valence-corrected chi connectivity index (χ0v) is 16.2. The van der Waals surface area contributed by atoms with Gasteiger partial charge in [0.25, 0.3) is 10.0 Å². The van der Waals surface area contributed by atoms with E-state index in [0.717, 1.165) is 16.9 Å². The van der Waals surface area contributed by atoms with Crippen molar-refractivity contribution in [1.82, 2.24) is 19.6 Å². The number of aryl methyl sites for hydroxylation is 1. The highest BCUT2D eigenvalue weighted by Gasteiger charge is 2.31. The fourth-order valence-corrected chi connectivity index (χ4v) is 4.39. The van der Waals surface area contributed by atoms with Crippen molar-refractivity contribution < 1.29 is 13.2 Å². The lowest BCUT2D eigenvalue weighted by molar-refractivity contribution is -0.122. The van der Waals surface area contributed by atoms with Crippen LogP contribution in [0.25, 0.3) is 11.0 Å². The summed E-state index contributed by atoms with van der Waals surface area (Å²) in [6.45, 7) is 1.87. The molecule has 0 aliphatic carbocycles. The number of para-hydroxylation sites is 2. The van der Waals surface area contributed by atoms with Crippen LogP contribution in [0.2, 0.25) is 0 Å². The maximum absolute atomic E-state index is 12.5. The van der Waals surface area contributed by atoms with Gasteiger partial charge < -0.3 is 9.88 Å². The lowest BCUT2D eigenvalue weighted by atomic mass is 10.2. The van der Waals surface area contributed by atoms with Crippen molar-refractivity contribution in [2.45, 2.75) is 24.4 Å². The highest BCUT2D eigenvalue weighted by Crippen LogP contribution is 2.22. The Hall–Kier alpha value is -3.20. The number of amidine groups is 1. The number of sulfonamides is 1. The third-order valence-corrected chi connectivity index (χ3v) is 6.06. The van der Waals surface area contributed by atoms with Crippen molar-refractivity contribution in [3.8, 4) is 0 Å². The number of hydrogen-bond acceptors (Lipinski definition) is 5. The molecule has 0 spiro atoms. The molecule has 4 rings (SSSR count). The van der Waals surface area contributed by atoms with Gasteiger partial charge in [0.15, 0.2) is 0 Å². The maximum Gasteiger partial charge on any atom is 0.263 e. The topological polar surface area (TPSA) is 105 Å². The molecule has 1 aliphatic rings. The summed E-state index contributed by atoms with van der Waals surface area (Å²) in [6, 6.07) is 13.5. The second-order valence-corrected chi connectivity index (χ2v) is 8.20. The second-order valence-electron chi connectivity index (χ2n) is 6.55. The largest absolute Gasteiger partial charge is 0.347 e. The lowest BCUT2D eigenvalue weighted by Crippen LogP contribution is -2.34. The van der Waals surface area contributed by atoms with Crippen molar-refractivity contribution in [3.05, 3.63) is 59.9 Å². The van der Waals surface area contributed by atoms with Gasteiger partial charge in [-0.1, -0.05) is 24.3 Å². The van der Waals surface area contributed by atoms with Crippen LogP contribution in [0.15, 0.2) is 58.4 Å². The number of nitrogens with zero attached hydrogens (tertiary/aromatic N) is 3. The molecule has 8 nitrogen and oxygen atoms in total. The van der Waals surface area contributed by atoms with E-state index in [-0.39, 0.29) is 23.2 Å². The van der Waals surface area contributed by atoms with Crippen molar-refractivity contribution in [2.24, 2.45) is 12.0 Å². The minimum atomic E-state index is -3.63. The first kappa shape index (κ1) is 18.2. The highest BCUT2D eigenvalue weighted by atomic mass is 32.2. The first-order chi connectivity index (χ1) is 13.4.